The van der Waals surface area contributed by atoms with Crippen LogP contribution in [0.5, 0.6) is 0 Å². The van der Waals surface area contributed by atoms with E-state index in [9.17, 15) is 8.78 Å². The zero-order valence-corrected chi connectivity index (χ0v) is 5.57. The number of ether oxygens (including phenoxy) is 1. The molecule has 56 valence electrons. The minimum Gasteiger partial charge on any atom is -0.376 e. The molecule has 0 aromatic rings. The Morgan fingerprint density at radius 2 is 2.11 bits per heavy atom. The van der Waals surface area contributed by atoms with Crippen molar-refractivity contribution in [2.75, 3.05) is 13.2 Å². The lowest BCUT2D eigenvalue weighted by atomic mass is 10.4. The maximum absolute atomic E-state index is 11.3. The summed E-state index contributed by atoms with van der Waals surface area (Å²) < 4.78 is 27.3. The van der Waals surface area contributed by atoms with Gasteiger partial charge in [0, 0.05) is 6.61 Å². The summed E-state index contributed by atoms with van der Waals surface area (Å²) >= 11 is 0. The van der Waals surface area contributed by atoms with Gasteiger partial charge in [0.15, 0.2) is 0 Å². The van der Waals surface area contributed by atoms with E-state index in [0.29, 0.717) is 6.61 Å². The summed E-state index contributed by atoms with van der Waals surface area (Å²) in [6, 6.07) is 0. The zero-order valence-electron chi connectivity index (χ0n) is 5.57. The lowest BCUT2D eigenvalue weighted by Gasteiger charge is -1.99. The number of hydrogen-bond acceptors (Lipinski definition) is 1. The van der Waals surface area contributed by atoms with Crippen LogP contribution in [0.4, 0.5) is 8.78 Å². The maximum atomic E-state index is 11.3. The number of unbranched alkanes of at least 4 members (excludes halogenated alkanes) is 1. The van der Waals surface area contributed by atoms with E-state index in [-0.39, 0.29) is 0 Å². The molecule has 3 heteroatoms. The Bertz CT molecular complexity index is 57.0. The fraction of sp³-hybridized carbons (Fsp3) is 1.00. The van der Waals surface area contributed by atoms with Crippen molar-refractivity contribution in [1.82, 2.24) is 0 Å². The smallest absolute Gasteiger partial charge is 0.261 e. The molecule has 0 aliphatic heterocycles. The van der Waals surface area contributed by atoms with Gasteiger partial charge in [-0.05, 0) is 6.42 Å². The van der Waals surface area contributed by atoms with Crippen LogP contribution < -0.4 is 0 Å². The van der Waals surface area contributed by atoms with E-state index < -0.39 is 13.0 Å². The first-order valence-electron chi connectivity index (χ1n) is 3.13. The van der Waals surface area contributed by atoms with Crippen LogP contribution >= 0.6 is 0 Å². The highest BCUT2D eigenvalue weighted by Gasteiger charge is 1.99. The molecular formula is C6H12F2O. The molecule has 9 heavy (non-hydrogen) atoms. The largest absolute Gasteiger partial charge is 0.376 e. The highest BCUT2D eigenvalue weighted by atomic mass is 19.3. The number of alkyl halides is 2. The molecule has 0 aromatic heterocycles. The summed E-state index contributed by atoms with van der Waals surface area (Å²) in [5.74, 6) is 0. The normalized spacial score (nSPS) is 10.7. The Kier molecular flexibility index (Phi) is 5.83. The monoisotopic (exact) mass is 138 g/mol. The van der Waals surface area contributed by atoms with Gasteiger partial charge >= 0.3 is 0 Å². The van der Waals surface area contributed by atoms with Crippen molar-refractivity contribution >= 4 is 0 Å². The van der Waals surface area contributed by atoms with Crippen molar-refractivity contribution in [3.8, 4) is 0 Å². The van der Waals surface area contributed by atoms with Gasteiger partial charge in [-0.25, -0.2) is 8.78 Å². The molecule has 0 spiro atoms. The Balaban J connectivity index is 2.75. The van der Waals surface area contributed by atoms with Crippen molar-refractivity contribution in [2.24, 2.45) is 0 Å². The van der Waals surface area contributed by atoms with E-state index in [2.05, 4.69) is 4.74 Å². The van der Waals surface area contributed by atoms with Crippen LogP contribution in [0.3, 0.4) is 0 Å². The van der Waals surface area contributed by atoms with E-state index in [1.807, 2.05) is 6.92 Å². The molecule has 0 radical (unpaired) electrons. The topological polar surface area (TPSA) is 9.23 Å². The molecule has 0 aliphatic rings. The average Bonchev–Trinajstić information content (AvgIpc) is 1.80. The van der Waals surface area contributed by atoms with Crippen molar-refractivity contribution in [3.05, 3.63) is 0 Å². The molecule has 0 saturated carbocycles. The second-order valence-corrected chi connectivity index (χ2v) is 1.82. The highest BCUT2D eigenvalue weighted by Crippen LogP contribution is 1.94. The quantitative estimate of drug-likeness (QED) is 0.528. The standard InChI is InChI=1S/C6H12F2O/c1-2-3-4-9-5-6(7)8/h6H,2-5H2,1H3. The van der Waals surface area contributed by atoms with Crippen molar-refractivity contribution in [1.29, 1.82) is 0 Å². The highest BCUT2D eigenvalue weighted by molar-refractivity contribution is 4.35. The summed E-state index contributed by atoms with van der Waals surface area (Å²) in [4.78, 5) is 0. The summed E-state index contributed by atoms with van der Waals surface area (Å²) in [5, 5.41) is 0. The van der Waals surface area contributed by atoms with Gasteiger partial charge in [0.2, 0.25) is 0 Å². The van der Waals surface area contributed by atoms with Crippen LogP contribution in [0, 0.1) is 0 Å². The van der Waals surface area contributed by atoms with Crippen LogP contribution in [0.2, 0.25) is 0 Å². The summed E-state index contributed by atoms with van der Waals surface area (Å²) in [6.07, 6.45) is -0.461. The number of hydrogen-bond donors (Lipinski definition) is 0. The van der Waals surface area contributed by atoms with E-state index in [0.717, 1.165) is 12.8 Å². The number of halogens is 2. The predicted molar refractivity (Wildman–Crippen MR) is 31.7 cm³/mol. The summed E-state index contributed by atoms with van der Waals surface area (Å²) in [6.45, 7) is 2.03. The lowest BCUT2D eigenvalue weighted by molar-refractivity contribution is 0.0166. The second kappa shape index (κ2) is 5.95. The third-order valence-corrected chi connectivity index (χ3v) is 0.886. The van der Waals surface area contributed by atoms with Gasteiger partial charge < -0.3 is 4.74 Å². The molecule has 0 fully saturated rings. The lowest BCUT2D eigenvalue weighted by Crippen LogP contribution is -2.04. The molecule has 0 unspecified atom stereocenters. The Morgan fingerprint density at radius 3 is 2.56 bits per heavy atom. The molecule has 0 heterocycles. The van der Waals surface area contributed by atoms with Crippen LogP contribution in [-0.2, 0) is 4.74 Å². The van der Waals surface area contributed by atoms with Gasteiger partial charge in [-0.15, -0.1) is 0 Å². The first-order valence-corrected chi connectivity index (χ1v) is 3.13. The van der Waals surface area contributed by atoms with Gasteiger partial charge in [-0.3, -0.25) is 0 Å². The molecule has 0 atom stereocenters. The van der Waals surface area contributed by atoms with Gasteiger partial charge in [-0.1, -0.05) is 13.3 Å². The van der Waals surface area contributed by atoms with Crippen LogP contribution in [0.15, 0.2) is 0 Å². The summed E-state index contributed by atoms with van der Waals surface area (Å²) in [7, 11) is 0. The first-order chi connectivity index (χ1) is 4.27. The van der Waals surface area contributed by atoms with E-state index in [1.54, 1.807) is 0 Å². The molecule has 1 nitrogen and oxygen atoms in total. The fourth-order valence-corrected chi connectivity index (χ4v) is 0.419. The summed E-state index contributed by atoms with van der Waals surface area (Å²) in [5.41, 5.74) is 0. The fourth-order valence-electron chi connectivity index (χ4n) is 0.419. The second-order valence-electron chi connectivity index (χ2n) is 1.82. The zero-order chi connectivity index (χ0) is 7.11. The Morgan fingerprint density at radius 1 is 1.44 bits per heavy atom. The van der Waals surface area contributed by atoms with E-state index in [1.165, 1.54) is 0 Å². The SMILES string of the molecule is CCCCOCC(F)F. The molecule has 0 aromatic carbocycles. The predicted octanol–water partition coefficient (Wildman–Crippen LogP) is 2.07. The molecule has 0 rings (SSSR count). The van der Waals surface area contributed by atoms with E-state index >= 15 is 0 Å². The van der Waals surface area contributed by atoms with Crippen molar-refractivity contribution in [3.63, 3.8) is 0 Å². The Hall–Kier alpha value is -0.180. The molecular weight excluding hydrogens is 126 g/mol. The molecule has 0 N–H and O–H groups in total. The molecule has 0 aliphatic carbocycles. The van der Waals surface area contributed by atoms with Crippen LogP contribution in [0.1, 0.15) is 19.8 Å². The Labute approximate surface area is 54.0 Å². The molecule has 0 bridgehead atoms. The van der Waals surface area contributed by atoms with Crippen molar-refractivity contribution < 1.29 is 13.5 Å². The van der Waals surface area contributed by atoms with Crippen LogP contribution in [-0.4, -0.2) is 19.6 Å². The van der Waals surface area contributed by atoms with Gasteiger partial charge in [0.25, 0.3) is 6.43 Å². The number of rotatable bonds is 5. The third-order valence-electron chi connectivity index (χ3n) is 0.886. The third kappa shape index (κ3) is 7.82. The van der Waals surface area contributed by atoms with Crippen molar-refractivity contribution in [2.45, 2.75) is 26.2 Å². The molecule has 0 saturated heterocycles. The van der Waals surface area contributed by atoms with Gasteiger partial charge in [0.05, 0.1) is 0 Å². The minimum atomic E-state index is -2.32. The van der Waals surface area contributed by atoms with E-state index in [4.69, 9.17) is 0 Å². The van der Waals surface area contributed by atoms with Crippen LogP contribution in [0.25, 0.3) is 0 Å². The maximum Gasteiger partial charge on any atom is 0.261 e. The first kappa shape index (κ1) is 8.82. The average molecular weight is 138 g/mol. The molecule has 0 amide bonds. The van der Waals surface area contributed by atoms with Gasteiger partial charge in [0.1, 0.15) is 6.61 Å². The minimum absolute atomic E-state index is 0.417. The van der Waals surface area contributed by atoms with Gasteiger partial charge in [-0.2, -0.15) is 0 Å².